The molecule has 0 aromatic heterocycles. The van der Waals surface area contributed by atoms with Crippen LogP contribution >= 0.6 is 11.8 Å². The number of rotatable bonds is 7. The first-order valence-corrected chi connectivity index (χ1v) is 14.1. The Kier molecular flexibility index (Phi) is 9.06. The molecule has 0 unspecified atom stereocenters. The fourth-order valence-corrected chi connectivity index (χ4v) is 6.33. The summed E-state index contributed by atoms with van der Waals surface area (Å²) in [6.45, 7) is 1.51. The van der Waals surface area contributed by atoms with Gasteiger partial charge < -0.3 is 4.84 Å². The lowest BCUT2D eigenvalue weighted by Crippen LogP contribution is -2.53. The summed E-state index contributed by atoms with van der Waals surface area (Å²) in [4.78, 5) is 46.3. The number of carbonyl (C=O) groups is 3. The minimum Gasteiger partial charge on any atom is -0.365 e. The predicted octanol–water partition coefficient (Wildman–Crippen LogP) is 5.43. The molecule has 0 saturated heterocycles. The summed E-state index contributed by atoms with van der Waals surface area (Å²) < 4.78 is 0. The van der Waals surface area contributed by atoms with E-state index in [9.17, 15) is 14.4 Å². The third kappa shape index (κ3) is 6.22. The molecule has 1 aliphatic heterocycles. The van der Waals surface area contributed by atoms with E-state index >= 15 is 0 Å². The number of amides is 1. The fourth-order valence-electron chi connectivity index (χ4n) is 5.76. The van der Waals surface area contributed by atoms with Gasteiger partial charge in [-0.1, -0.05) is 68.5 Å². The molecule has 186 valence electrons. The smallest absolute Gasteiger partial charge is 0.348 e. The highest BCUT2D eigenvalue weighted by molar-refractivity contribution is 8.13. The Labute approximate surface area is 207 Å². The second-order valence-corrected chi connectivity index (χ2v) is 11.2. The van der Waals surface area contributed by atoms with Crippen LogP contribution in [0.1, 0.15) is 89.5 Å². The summed E-state index contributed by atoms with van der Waals surface area (Å²) in [6, 6.07) is 7.77. The number of hydrogen-bond donors (Lipinski definition) is 0. The molecule has 1 aromatic rings. The maximum atomic E-state index is 13.7. The van der Waals surface area contributed by atoms with Crippen LogP contribution in [0.5, 0.6) is 0 Å². The quantitative estimate of drug-likeness (QED) is 0.479. The summed E-state index contributed by atoms with van der Waals surface area (Å²) in [7, 11) is 0. The third-order valence-electron chi connectivity index (χ3n) is 7.48. The normalized spacial score (nSPS) is 21.8. The molecule has 34 heavy (non-hydrogen) atoms. The summed E-state index contributed by atoms with van der Waals surface area (Å²) in [5.41, 5.74) is 1.88. The molecule has 4 rings (SSSR count). The van der Waals surface area contributed by atoms with E-state index in [0.717, 1.165) is 55.1 Å². The van der Waals surface area contributed by atoms with Crippen molar-refractivity contribution in [3.8, 4) is 0 Å². The third-order valence-corrected chi connectivity index (χ3v) is 8.29. The highest BCUT2D eigenvalue weighted by atomic mass is 32.2. The summed E-state index contributed by atoms with van der Waals surface area (Å²) in [5.74, 6) is -0.00632. The van der Waals surface area contributed by atoms with Gasteiger partial charge in [0.15, 0.2) is 5.12 Å². The van der Waals surface area contributed by atoms with Gasteiger partial charge in [-0.05, 0) is 50.2 Å². The summed E-state index contributed by atoms with van der Waals surface area (Å²) >= 11 is 1.15. The SMILES string of the molecule is CC(=O)SCCC(=O)N1c2ccccc2CC[C@H]1C(=O)ON(C1CCCCC1)C1CCCCC1. The molecular weight excluding hydrogens is 448 g/mol. The van der Waals surface area contributed by atoms with Crippen molar-refractivity contribution in [2.24, 2.45) is 0 Å². The van der Waals surface area contributed by atoms with E-state index in [2.05, 4.69) is 5.06 Å². The average Bonchev–Trinajstić information content (AvgIpc) is 2.87. The molecule has 1 amide bonds. The first kappa shape index (κ1) is 25.2. The van der Waals surface area contributed by atoms with Crippen LogP contribution in [0.3, 0.4) is 0 Å². The van der Waals surface area contributed by atoms with Crippen molar-refractivity contribution in [2.45, 2.75) is 109 Å². The number of hydrogen-bond acceptors (Lipinski definition) is 6. The van der Waals surface area contributed by atoms with Gasteiger partial charge in [0.2, 0.25) is 5.91 Å². The Morgan fingerprint density at radius 3 is 2.18 bits per heavy atom. The molecule has 2 fully saturated rings. The fraction of sp³-hybridized carbons (Fsp3) is 0.667. The summed E-state index contributed by atoms with van der Waals surface area (Å²) in [6.07, 6.45) is 13.0. The lowest BCUT2D eigenvalue weighted by Gasteiger charge is -2.42. The molecule has 6 nitrogen and oxygen atoms in total. The number of hydroxylamine groups is 2. The maximum absolute atomic E-state index is 13.7. The molecule has 2 aliphatic carbocycles. The van der Waals surface area contributed by atoms with E-state index in [1.54, 1.807) is 4.90 Å². The Bertz CT molecular complexity index is 846. The van der Waals surface area contributed by atoms with Crippen LogP contribution in [0.25, 0.3) is 0 Å². The van der Waals surface area contributed by atoms with Crippen molar-refractivity contribution in [1.82, 2.24) is 5.06 Å². The van der Waals surface area contributed by atoms with Crippen LogP contribution < -0.4 is 4.90 Å². The van der Waals surface area contributed by atoms with Crippen LogP contribution in [-0.2, 0) is 25.6 Å². The monoisotopic (exact) mass is 486 g/mol. The Hall–Kier alpha value is -1.86. The highest BCUT2D eigenvalue weighted by Crippen LogP contribution is 2.34. The van der Waals surface area contributed by atoms with Crippen molar-refractivity contribution in [1.29, 1.82) is 0 Å². The second kappa shape index (κ2) is 12.2. The van der Waals surface area contributed by atoms with Crippen LogP contribution in [0.15, 0.2) is 24.3 Å². The van der Waals surface area contributed by atoms with E-state index in [-0.39, 0.29) is 35.5 Å². The largest absolute Gasteiger partial charge is 0.365 e. The first-order valence-electron chi connectivity index (χ1n) is 13.1. The van der Waals surface area contributed by atoms with Gasteiger partial charge in [0.25, 0.3) is 0 Å². The molecule has 0 N–H and O–H groups in total. The number of benzene rings is 1. The van der Waals surface area contributed by atoms with E-state index in [1.165, 1.54) is 45.4 Å². The van der Waals surface area contributed by atoms with Crippen LogP contribution in [0, 0.1) is 0 Å². The van der Waals surface area contributed by atoms with Gasteiger partial charge in [-0.2, -0.15) is 0 Å². The van der Waals surface area contributed by atoms with E-state index in [0.29, 0.717) is 12.2 Å². The van der Waals surface area contributed by atoms with Gasteiger partial charge in [0.05, 0.1) is 0 Å². The first-order chi connectivity index (χ1) is 16.5. The van der Waals surface area contributed by atoms with Crippen molar-refractivity contribution >= 4 is 34.4 Å². The number of anilines is 1. The Morgan fingerprint density at radius 1 is 0.941 bits per heavy atom. The number of aryl methyl sites for hydroxylation is 1. The Morgan fingerprint density at radius 2 is 1.56 bits per heavy atom. The van der Waals surface area contributed by atoms with Gasteiger partial charge in [-0.25, -0.2) is 4.79 Å². The number of carbonyl (C=O) groups excluding carboxylic acids is 3. The zero-order chi connectivity index (χ0) is 23.9. The molecule has 0 bridgehead atoms. The van der Waals surface area contributed by atoms with E-state index in [1.807, 2.05) is 24.3 Å². The van der Waals surface area contributed by atoms with Gasteiger partial charge >= 0.3 is 5.97 Å². The van der Waals surface area contributed by atoms with Crippen molar-refractivity contribution in [3.63, 3.8) is 0 Å². The maximum Gasteiger partial charge on any atom is 0.348 e. The van der Waals surface area contributed by atoms with Crippen LogP contribution in [-0.4, -0.2) is 45.9 Å². The number of para-hydroxylation sites is 1. The molecule has 0 radical (unpaired) electrons. The molecule has 1 heterocycles. The second-order valence-electron chi connectivity index (χ2n) is 9.89. The zero-order valence-electron chi connectivity index (χ0n) is 20.4. The van der Waals surface area contributed by atoms with Gasteiger partial charge in [0.1, 0.15) is 6.04 Å². The number of nitrogens with zero attached hydrogens (tertiary/aromatic N) is 2. The van der Waals surface area contributed by atoms with Gasteiger partial charge in [0, 0.05) is 36.9 Å². The van der Waals surface area contributed by atoms with Gasteiger partial charge in [-0.15, -0.1) is 5.06 Å². The minimum atomic E-state index is -0.626. The number of thioether (sulfide) groups is 1. The van der Waals surface area contributed by atoms with E-state index < -0.39 is 6.04 Å². The van der Waals surface area contributed by atoms with Crippen molar-refractivity contribution < 1.29 is 19.2 Å². The van der Waals surface area contributed by atoms with Crippen molar-refractivity contribution in [3.05, 3.63) is 29.8 Å². The summed E-state index contributed by atoms with van der Waals surface area (Å²) in [5, 5.41) is 2.05. The van der Waals surface area contributed by atoms with Gasteiger partial charge in [-0.3, -0.25) is 14.5 Å². The highest BCUT2D eigenvalue weighted by Gasteiger charge is 2.39. The van der Waals surface area contributed by atoms with Crippen LogP contribution in [0.2, 0.25) is 0 Å². The Balaban J connectivity index is 1.53. The molecule has 7 heteroatoms. The van der Waals surface area contributed by atoms with Crippen LogP contribution in [0.4, 0.5) is 5.69 Å². The predicted molar refractivity (Wildman–Crippen MR) is 135 cm³/mol. The van der Waals surface area contributed by atoms with Crippen molar-refractivity contribution in [2.75, 3.05) is 10.7 Å². The molecule has 2 saturated carbocycles. The van der Waals surface area contributed by atoms with E-state index in [4.69, 9.17) is 4.84 Å². The average molecular weight is 487 g/mol. The lowest BCUT2D eigenvalue weighted by atomic mass is 9.90. The molecule has 1 atom stereocenters. The molecular formula is C27H38N2O4S. The number of fused-ring (bicyclic) bond motifs is 1. The molecule has 3 aliphatic rings. The standard InChI is InChI=1S/C27H38N2O4S/c1-20(30)34-19-18-26(31)28-24-15-9-8-10-21(24)16-17-25(28)27(32)33-29(22-11-4-2-5-12-22)23-13-6-3-7-14-23/h8-10,15,22-23,25H,2-7,11-14,16-19H2,1H3/t25-/m0/s1. The topological polar surface area (TPSA) is 66.9 Å². The molecule has 1 aromatic carbocycles. The minimum absolute atomic E-state index is 0.00147. The lowest BCUT2D eigenvalue weighted by molar-refractivity contribution is -0.224. The molecule has 0 spiro atoms. The zero-order valence-corrected chi connectivity index (χ0v) is 21.2.